The van der Waals surface area contributed by atoms with Gasteiger partial charge >= 0.3 is 6.18 Å². The molecular formula is C7H12F4O2S. The van der Waals surface area contributed by atoms with E-state index in [0.29, 0.717) is 0 Å². The van der Waals surface area contributed by atoms with Crippen LogP contribution in [-0.4, -0.2) is 32.3 Å². The predicted molar refractivity (Wildman–Crippen MR) is 44.5 cm³/mol. The molecule has 0 spiro atoms. The Kier molecular flexibility index (Phi) is 4.83. The van der Waals surface area contributed by atoms with Gasteiger partial charge in [-0.1, -0.05) is 6.92 Å². The third-order valence-electron chi connectivity index (χ3n) is 1.62. The molecule has 86 valence electrons. The largest absolute Gasteiger partial charge is 0.389 e. The smallest absolute Gasteiger partial charge is 0.246 e. The van der Waals surface area contributed by atoms with Gasteiger partial charge in [-0.25, -0.2) is 12.8 Å². The maximum absolute atomic E-state index is 12.7. The molecule has 0 fully saturated rings. The lowest BCUT2D eigenvalue weighted by Crippen LogP contribution is -2.21. The Hall–Kier alpha value is -0.330. The quantitative estimate of drug-likeness (QED) is 0.685. The Morgan fingerprint density at radius 2 is 1.79 bits per heavy atom. The van der Waals surface area contributed by atoms with Crippen molar-refractivity contribution in [2.24, 2.45) is 0 Å². The van der Waals surface area contributed by atoms with E-state index >= 15 is 0 Å². The fraction of sp³-hybridized carbons (Fsp3) is 1.00. The van der Waals surface area contributed by atoms with Crippen LogP contribution in [0, 0.1) is 0 Å². The molecule has 0 bridgehead atoms. The Morgan fingerprint density at radius 3 is 2.14 bits per heavy atom. The Balaban J connectivity index is 3.95. The van der Waals surface area contributed by atoms with E-state index in [-0.39, 0.29) is 5.75 Å². The van der Waals surface area contributed by atoms with Crippen molar-refractivity contribution in [1.29, 1.82) is 0 Å². The summed E-state index contributed by atoms with van der Waals surface area (Å²) >= 11 is 0. The normalized spacial score (nSPS) is 15.5. The first-order valence-electron chi connectivity index (χ1n) is 4.07. The predicted octanol–water partition coefficient (Wildman–Crippen LogP) is 2.10. The second-order valence-corrected chi connectivity index (χ2v) is 5.35. The second-order valence-electron chi connectivity index (χ2n) is 2.95. The Morgan fingerprint density at radius 1 is 1.29 bits per heavy atom. The molecular weight excluding hydrogens is 224 g/mol. The van der Waals surface area contributed by atoms with Gasteiger partial charge in [0.15, 0.2) is 9.84 Å². The van der Waals surface area contributed by atoms with Crippen molar-refractivity contribution in [2.75, 3.05) is 11.5 Å². The highest BCUT2D eigenvalue weighted by Crippen LogP contribution is 2.23. The van der Waals surface area contributed by atoms with Crippen LogP contribution in [-0.2, 0) is 9.84 Å². The lowest BCUT2D eigenvalue weighted by Gasteiger charge is -2.09. The van der Waals surface area contributed by atoms with Crippen LogP contribution in [0.3, 0.4) is 0 Å². The standard InChI is InChI=1S/C7H12F4O2S/c1-2-14(12,13)5-6(8)3-4-7(9,10)11/h6H,2-5H2,1H3. The third kappa shape index (κ3) is 7.11. The highest BCUT2D eigenvalue weighted by atomic mass is 32.2. The van der Waals surface area contributed by atoms with Crippen molar-refractivity contribution < 1.29 is 26.0 Å². The Labute approximate surface area is 80.2 Å². The third-order valence-corrected chi connectivity index (χ3v) is 3.36. The van der Waals surface area contributed by atoms with Crippen molar-refractivity contribution in [3.63, 3.8) is 0 Å². The zero-order valence-corrected chi connectivity index (χ0v) is 8.46. The molecule has 0 aromatic rings. The van der Waals surface area contributed by atoms with Gasteiger partial charge in [-0.15, -0.1) is 0 Å². The van der Waals surface area contributed by atoms with Crippen LogP contribution in [0.2, 0.25) is 0 Å². The van der Waals surface area contributed by atoms with Gasteiger partial charge in [-0.2, -0.15) is 13.2 Å². The summed E-state index contributed by atoms with van der Waals surface area (Å²) in [5.74, 6) is -1.07. The van der Waals surface area contributed by atoms with Crippen molar-refractivity contribution in [1.82, 2.24) is 0 Å². The van der Waals surface area contributed by atoms with Gasteiger partial charge in [0.25, 0.3) is 0 Å². The van der Waals surface area contributed by atoms with Crippen LogP contribution >= 0.6 is 0 Å². The summed E-state index contributed by atoms with van der Waals surface area (Å²) in [6.07, 6.45) is -8.43. The summed E-state index contributed by atoms with van der Waals surface area (Å²) in [6, 6.07) is 0. The van der Waals surface area contributed by atoms with Gasteiger partial charge in [-0.3, -0.25) is 0 Å². The monoisotopic (exact) mass is 236 g/mol. The maximum Gasteiger partial charge on any atom is 0.389 e. The molecule has 0 rings (SSSR count). The summed E-state index contributed by atoms with van der Waals surface area (Å²) in [6.45, 7) is 1.33. The molecule has 0 saturated carbocycles. The highest BCUT2D eigenvalue weighted by molar-refractivity contribution is 7.91. The SMILES string of the molecule is CCS(=O)(=O)CC(F)CCC(F)(F)F. The molecule has 0 saturated heterocycles. The minimum atomic E-state index is -4.43. The van der Waals surface area contributed by atoms with E-state index < -0.39 is 40.8 Å². The zero-order valence-electron chi connectivity index (χ0n) is 7.64. The van der Waals surface area contributed by atoms with E-state index in [2.05, 4.69) is 0 Å². The van der Waals surface area contributed by atoms with E-state index in [0.717, 1.165) is 0 Å². The van der Waals surface area contributed by atoms with Crippen molar-refractivity contribution in [3.05, 3.63) is 0 Å². The number of sulfone groups is 1. The summed E-state index contributed by atoms with van der Waals surface area (Å²) < 4.78 is 69.2. The van der Waals surface area contributed by atoms with Gasteiger partial charge < -0.3 is 0 Å². The van der Waals surface area contributed by atoms with E-state index in [4.69, 9.17) is 0 Å². The molecule has 0 aliphatic carbocycles. The van der Waals surface area contributed by atoms with Crippen LogP contribution < -0.4 is 0 Å². The molecule has 0 heterocycles. The van der Waals surface area contributed by atoms with Gasteiger partial charge in [0.2, 0.25) is 0 Å². The molecule has 0 aromatic heterocycles. The van der Waals surface area contributed by atoms with E-state index in [1.807, 2.05) is 0 Å². The van der Waals surface area contributed by atoms with Crippen molar-refractivity contribution in [3.8, 4) is 0 Å². The van der Waals surface area contributed by atoms with Crippen LogP contribution in [0.4, 0.5) is 17.6 Å². The van der Waals surface area contributed by atoms with Crippen LogP contribution in [0.1, 0.15) is 19.8 Å². The maximum atomic E-state index is 12.7. The summed E-state index contributed by atoms with van der Waals surface area (Å²) in [4.78, 5) is 0. The second kappa shape index (κ2) is 4.95. The minimum absolute atomic E-state index is 0.251. The van der Waals surface area contributed by atoms with Crippen LogP contribution in [0.15, 0.2) is 0 Å². The fourth-order valence-electron chi connectivity index (χ4n) is 0.797. The molecule has 0 aromatic carbocycles. The van der Waals surface area contributed by atoms with E-state index in [1.165, 1.54) is 6.92 Å². The molecule has 0 amide bonds. The molecule has 7 heteroatoms. The number of rotatable bonds is 5. The highest BCUT2D eigenvalue weighted by Gasteiger charge is 2.29. The van der Waals surface area contributed by atoms with E-state index in [1.54, 1.807) is 0 Å². The molecule has 14 heavy (non-hydrogen) atoms. The molecule has 2 nitrogen and oxygen atoms in total. The Bertz CT molecular complexity index is 257. The summed E-state index contributed by atoms with van der Waals surface area (Å²) in [7, 11) is -3.53. The average Bonchev–Trinajstić information content (AvgIpc) is 1.99. The average molecular weight is 236 g/mol. The first-order valence-corrected chi connectivity index (χ1v) is 5.89. The van der Waals surface area contributed by atoms with Crippen LogP contribution in [0.25, 0.3) is 0 Å². The molecule has 1 atom stereocenters. The zero-order chi connectivity index (χ0) is 11.4. The molecule has 0 aliphatic heterocycles. The van der Waals surface area contributed by atoms with Gasteiger partial charge in [-0.05, 0) is 6.42 Å². The lowest BCUT2D eigenvalue weighted by molar-refractivity contribution is -0.137. The van der Waals surface area contributed by atoms with E-state index in [9.17, 15) is 26.0 Å². The molecule has 0 radical (unpaired) electrons. The lowest BCUT2D eigenvalue weighted by atomic mass is 10.2. The molecule has 0 N–H and O–H groups in total. The first kappa shape index (κ1) is 13.7. The van der Waals surface area contributed by atoms with Crippen molar-refractivity contribution >= 4 is 9.84 Å². The molecule has 1 unspecified atom stereocenters. The first-order chi connectivity index (χ1) is 6.16. The van der Waals surface area contributed by atoms with Gasteiger partial charge in [0.1, 0.15) is 6.17 Å². The van der Waals surface area contributed by atoms with Crippen molar-refractivity contribution in [2.45, 2.75) is 32.1 Å². The van der Waals surface area contributed by atoms with Gasteiger partial charge in [0.05, 0.1) is 5.75 Å². The number of alkyl halides is 4. The molecule has 0 aliphatic rings. The van der Waals surface area contributed by atoms with Crippen LogP contribution in [0.5, 0.6) is 0 Å². The van der Waals surface area contributed by atoms with Gasteiger partial charge in [0, 0.05) is 12.2 Å². The number of hydrogen-bond acceptors (Lipinski definition) is 2. The fourth-order valence-corrected chi connectivity index (χ4v) is 1.75. The topological polar surface area (TPSA) is 34.1 Å². The summed E-state index contributed by atoms with van der Waals surface area (Å²) in [5.41, 5.74) is 0. The number of hydrogen-bond donors (Lipinski definition) is 0. The minimum Gasteiger partial charge on any atom is -0.246 e. The number of halogens is 4. The summed E-state index contributed by atoms with van der Waals surface area (Å²) in [5, 5.41) is 0.